The highest BCUT2D eigenvalue weighted by Crippen LogP contribution is 2.39. The lowest BCUT2D eigenvalue weighted by Gasteiger charge is -2.10. The van der Waals surface area contributed by atoms with Crippen LogP contribution >= 0.6 is 11.3 Å². The van der Waals surface area contributed by atoms with Gasteiger partial charge in [-0.05, 0) is 51.8 Å². The van der Waals surface area contributed by atoms with Crippen molar-refractivity contribution in [2.45, 2.75) is 47.1 Å². The van der Waals surface area contributed by atoms with E-state index in [0.717, 1.165) is 35.0 Å². The van der Waals surface area contributed by atoms with E-state index < -0.39 is 0 Å². The van der Waals surface area contributed by atoms with Crippen LogP contribution in [0.2, 0.25) is 0 Å². The van der Waals surface area contributed by atoms with E-state index in [1.165, 1.54) is 21.0 Å². The van der Waals surface area contributed by atoms with Crippen molar-refractivity contribution >= 4 is 17.0 Å². The van der Waals surface area contributed by atoms with Gasteiger partial charge in [-0.15, -0.1) is 21.5 Å². The number of fused-ring (bicyclic) bond motifs is 3. The molecule has 4 heterocycles. The van der Waals surface area contributed by atoms with Crippen LogP contribution in [0.3, 0.4) is 0 Å². The minimum absolute atomic E-state index is 0.00295. The summed E-state index contributed by atoms with van der Waals surface area (Å²) < 4.78 is 2.19. The van der Waals surface area contributed by atoms with Crippen molar-refractivity contribution < 1.29 is 0 Å². The molecule has 5 nitrogen and oxygen atoms in total. The molecule has 1 aliphatic rings. The molecule has 0 aromatic carbocycles. The zero-order chi connectivity index (χ0) is 17.7. The van der Waals surface area contributed by atoms with Gasteiger partial charge < -0.3 is 0 Å². The van der Waals surface area contributed by atoms with Crippen LogP contribution < -0.4 is 0 Å². The van der Waals surface area contributed by atoms with E-state index in [9.17, 15) is 0 Å². The highest BCUT2D eigenvalue weighted by Gasteiger charge is 2.30. The smallest absolute Gasteiger partial charge is 0.163 e. The quantitative estimate of drug-likeness (QED) is 0.693. The van der Waals surface area contributed by atoms with Gasteiger partial charge in [0.1, 0.15) is 16.9 Å². The Labute approximate surface area is 151 Å². The Morgan fingerprint density at radius 1 is 1.12 bits per heavy atom. The maximum atomic E-state index is 5.12. The van der Waals surface area contributed by atoms with Crippen molar-refractivity contribution in [3.8, 4) is 5.00 Å². The van der Waals surface area contributed by atoms with Crippen molar-refractivity contribution in [2.24, 2.45) is 4.99 Å². The lowest BCUT2D eigenvalue weighted by atomic mass is 10.0. The maximum Gasteiger partial charge on any atom is 0.163 e. The summed E-state index contributed by atoms with van der Waals surface area (Å²) in [6.07, 6.45) is 2.81. The molecule has 1 aliphatic heterocycles. The zero-order valence-corrected chi connectivity index (χ0v) is 16.0. The molecule has 0 spiro atoms. The van der Waals surface area contributed by atoms with Gasteiger partial charge >= 0.3 is 0 Å². The van der Waals surface area contributed by atoms with Crippen LogP contribution in [0.15, 0.2) is 23.3 Å². The molecule has 0 radical (unpaired) electrons. The van der Waals surface area contributed by atoms with E-state index in [1.54, 1.807) is 11.3 Å². The van der Waals surface area contributed by atoms with E-state index in [4.69, 9.17) is 4.99 Å². The van der Waals surface area contributed by atoms with Gasteiger partial charge in [-0.1, -0.05) is 6.92 Å². The molecule has 0 saturated heterocycles. The van der Waals surface area contributed by atoms with Crippen molar-refractivity contribution in [1.82, 2.24) is 19.7 Å². The summed E-state index contributed by atoms with van der Waals surface area (Å²) in [7, 11) is 0. The Morgan fingerprint density at radius 3 is 2.60 bits per heavy atom. The highest BCUT2D eigenvalue weighted by molar-refractivity contribution is 7.15. The van der Waals surface area contributed by atoms with Crippen molar-refractivity contribution in [1.29, 1.82) is 0 Å². The molecular weight excluding hydrogens is 330 g/mol. The first-order valence-corrected chi connectivity index (χ1v) is 9.36. The van der Waals surface area contributed by atoms with Crippen LogP contribution in [-0.4, -0.2) is 25.5 Å². The molecule has 0 amide bonds. The molecule has 0 fully saturated rings. The molecule has 0 saturated carbocycles. The molecule has 25 heavy (non-hydrogen) atoms. The van der Waals surface area contributed by atoms with Gasteiger partial charge in [-0.3, -0.25) is 14.5 Å². The Kier molecular flexibility index (Phi) is 3.80. The van der Waals surface area contributed by atoms with E-state index in [-0.39, 0.29) is 6.04 Å². The number of aryl methyl sites for hydroxylation is 3. The largest absolute Gasteiger partial charge is 0.272 e. The molecular formula is C19H21N5S. The molecule has 4 rings (SSSR count). The van der Waals surface area contributed by atoms with E-state index in [0.29, 0.717) is 0 Å². The molecule has 0 N–H and O–H groups in total. The summed E-state index contributed by atoms with van der Waals surface area (Å²) in [6, 6.07) is 4.16. The molecule has 6 heteroatoms. The van der Waals surface area contributed by atoms with Crippen LogP contribution in [0.1, 0.15) is 58.3 Å². The number of thiophene rings is 1. The highest BCUT2D eigenvalue weighted by atomic mass is 32.1. The number of aliphatic imine (C=N–C) groups is 1. The maximum absolute atomic E-state index is 5.12. The topological polar surface area (TPSA) is 56.0 Å². The van der Waals surface area contributed by atoms with Crippen LogP contribution in [0.25, 0.3) is 5.00 Å². The standard InChI is InChI=1S/C19H21N5S/c1-6-15-18-23-22-13(5)24(18)19-16(11(3)12(4)25-19)17(21-15)14-8-7-10(2)20-9-14/h7-9,15H,6H2,1-5H3. The SMILES string of the molecule is CCC1N=C(c2ccc(C)nc2)c2c(sc(C)c2C)-n2c(C)nnc21. The van der Waals surface area contributed by atoms with Gasteiger partial charge in [0.25, 0.3) is 0 Å². The van der Waals surface area contributed by atoms with Gasteiger partial charge in [0.05, 0.1) is 5.71 Å². The average molecular weight is 351 g/mol. The molecule has 3 aromatic rings. The first kappa shape index (κ1) is 16.1. The van der Waals surface area contributed by atoms with Crippen LogP contribution in [-0.2, 0) is 0 Å². The Hall–Kier alpha value is -2.34. The monoisotopic (exact) mass is 351 g/mol. The predicted molar refractivity (Wildman–Crippen MR) is 101 cm³/mol. The number of hydrogen-bond donors (Lipinski definition) is 0. The Bertz CT molecular complexity index is 978. The second-order valence-corrected chi connectivity index (χ2v) is 7.70. The third-order valence-corrected chi connectivity index (χ3v) is 6.00. The third-order valence-electron chi connectivity index (χ3n) is 4.81. The van der Waals surface area contributed by atoms with E-state index in [2.05, 4.69) is 46.6 Å². The molecule has 0 bridgehead atoms. The van der Waals surface area contributed by atoms with Crippen LogP contribution in [0, 0.1) is 27.7 Å². The lowest BCUT2D eigenvalue weighted by Crippen LogP contribution is -2.08. The van der Waals surface area contributed by atoms with Crippen molar-refractivity contribution in [3.63, 3.8) is 0 Å². The number of nitrogens with zero attached hydrogens (tertiary/aromatic N) is 5. The fraction of sp³-hybridized carbons (Fsp3) is 0.368. The second-order valence-electron chi connectivity index (χ2n) is 6.49. The minimum Gasteiger partial charge on any atom is -0.272 e. The zero-order valence-electron chi connectivity index (χ0n) is 15.2. The average Bonchev–Trinajstić information content (AvgIpc) is 3.06. The number of hydrogen-bond acceptors (Lipinski definition) is 5. The first-order chi connectivity index (χ1) is 12.0. The van der Waals surface area contributed by atoms with Crippen molar-refractivity contribution in [3.05, 3.63) is 57.2 Å². The summed E-state index contributed by atoms with van der Waals surface area (Å²) >= 11 is 1.79. The number of rotatable bonds is 2. The summed E-state index contributed by atoms with van der Waals surface area (Å²) in [5, 5.41) is 9.94. The molecule has 0 aliphatic carbocycles. The van der Waals surface area contributed by atoms with Crippen LogP contribution in [0.4, 0.5) is 0 Å². The van der Waals surface area contributed by atoms with Gasteiger partial charge in [-0.25, -0.2) is 0 Å². The van der Waals surface area contributed by atoms with Gasteiger partial charge in [0.15, 0.2) is 5.82 Å². The second kappa shape index (κ2) is 5.88. The minimum atomic E-state index is -0.00295. The Balaban J connectivity index is 2.05. The fourth-order valence-corrected chi connectivity index (χ4v) is 4.48. The summed E-state index contributed by atoms with van der Waals surface area (Å²) in [5.74, 6) is 1.84. The molecule has 1 unspecified atom stereocenters. The predicted octanol–water partition coefficient (Wildman–Crippen LogP) is 4.26. The fourth-order valence-electron chi connectivity index (χ4n) is 3.27. The first-order valence-electron chi connectivity index (χ1n) is 8.54. The normalized spacial score (nSPS) is 16.2. The molecule has 128 valence electrons. The summed E-state index contributed by atoms with van der Waals surface area (Å²) in [5.41, 5.74) is 5.54. The van der Waals surface area contributed by atoms with Gasteiger partial charge in [0, 0.05) is 27.9 Å². The van der Waals surface area contributed by atoms with E-state index >= 15 is 0 Å². The van der Waals surface area contributed by atoms with Crippen molar-refractivity contribution in [2.75, 3.05) is 0 Å². The van der Waals surface area contributed by atoms with Crippen LogP contribution in [0.5, 0.6) is 0 Å². The van der Waals surface area contributed by atoms with E-state index in [1.807, 2.05) is 26.1 Å². The molecule has 3 aromatic heterocycles. The summed E-state index contributed by atoms with van der Waals surface area (Å²) in [6.45, 7) is 10.5. The number of pyridine rings is 1. The van der Waals surface area contributed by atoms with Gasteiger partial charge in [-0.2, -0.15) is 0 Å². The summed E-state index contributed by atoms with van der Waals surface area (Å²) in [4.78, 5) is 10.9. The number of aromatic nitrogens is 4. The molecule has 1 atom stereocenters. The Morgan fingerprint density at radius 2 is 1.92 bits per heavy atom. The third kappa shape index (κ3) is 2.43. The lowest BCUT2D eigenvalue weighted by molar-refractivity contribution is 0.640. The van der Waals surface area contributed by atoms with Gasteiger partial charge in [0.2, 0.25) is 0 Å².